The number of amides is 2. The molecular formula is C19H20F2N2O4. The normalized spacial score (nSPS) is 16.8. The van der Waals surface area contributed by atoms with Crippen LogP contribution in [0, 0.1) is 17.6 Å². The quantitative estimate of drug-likeness (QED) is 0.743. The third-order valence-corrected chi connectivity index (χ3v) is 4.44. The monoisotopic (exact) mass is 378 g/mol. The molecule has 0 spiro atoms. The zero-order chi connectivity index (χ0) is 19.4. The van der Waals surface area contributed by atoms with E-state index in [9.17, 15) is 18.4 Å². The lowest BCUT2D eigenvalue weighted by atomic mass is 10.1. The van der Waals surface area contributed by atoms with Crippen molar-refractivity contribution < 1.29 is 27.5 Å². The Bertz CT molecular complexity index is 790. The molecule has 8 heteroatoms. The summed E-state index contributed by atoms with van der Waals surface area (Å²) in [5, 5.41) is 0. The molecule has 3 rings (SSSR count). The molecule has 1 aromatic heterocycles. The molecule has 6 nitrogen and oxygen atoms in total. The van der Waals surface area contributed by atoms with Crippen LogP contribution in [0.1, 0.15) is 12.2 Å². The molecular weight excluding hydrogens is 358 g/mol. The van der Waals surface area contributed by atoms with Gasteiger partial charge in [-0.25, -0.2) is 8.78 Å². The SMILES string of the molecule is COCCN(Cc1ccco1)C(=O)C1CC(=O)N(c2cc(F)cc(F)c2)C1. The average Bonchev–Trinajstić information content (AvgIpc) is 3.26. The Labute approximate surface area is 155 Å². The Kier molecular flexibility index (Phi) is 5.85. The van der Waals surface area contributed by atoms with Crippen LogP contribution in [0.3, 0.4) is 0 Å². The maximum Gasteiger partial charge on any atom is 0.228 e. The largest absolute Gasteiger partial charge is 0.467 e. The standard InChI is InChI=1S/C19H20F2N2O4/c1-26-6-4-22(12-17-3-2-5-27-17)19(25)13-7-18(24)23(11-13)16-9-14(20)8-15(21)10-16/h2-3,5,8-10,13H,4,6-7,11-12H2,1H3. The maximum absolute atomic E-state index is 13.5. The van der Waals surface area contributed by atoms with Crippen LogP contribution in [0.4, 0.5) is 14.5 Å². The van der Waals surface area contributed by atoms with Crippen molar-refractivity contribution in [2.75, 3.05) is 31.7 Å². The summed E-state index contributed by atoms with van der Waals surface area (Å²) in [6.07, 6.45) is 1.51. The summed E-state index contributed by atoms with van der Waals surface area (Å²) in [6.45, 7) is 1.01. The summed E-state index contributed by atoms with van der Waals surface area (Å²) in [6, 6.07) is 6.39. The van der Waals surface area contributed by atoms with Gasteiger partial charge in [0.25, 0.3) is 0 Å². The van der Waals surface area contributed by atoms with Crippen molar-refractivity contribution in [3.8, 4) is 0 Å². The first-order valence-corrected chi connectivity index (χ1v) is 8.54. The molecule has 27 heavy (non-hydrogen) atoms. The lowest BCUT2D eigenvalue weighted by Gasteiger charge is -2.24. The second-order valence-corrected chi connectivity index (χ2v) is 6.36. The van der Waals surface area contributed by atoms with E-state index in [0.717, 1.165) is 18.2 Å². The van der Waals surface area contributed by atoms with Crippen LogP contribution in [0.25, 0.3) is 0 Å². The highest BCUT2D eigenvalue weighted by Crippen LogP contribution is 2.28. The third-order valence-electron chi connectivity index (χ3n) is 4.44. The smallest absolute Gasteiger partial charge is 0.228 e. The van der Waals surface area contributed by atoms with Crippen LogP contribution in [0.2, 0.25) is 0 Å². The molecule has 0 bridgehead atoms. The van der Waals surface area contributed by atoms with Crippen LogP contribution in [0.15, 0.2) is 41.0 Å². The number of carbonyl (C=O) groups is 2. The predicted molar refractivity (Wildman–Crippen MR) is 92.8 cm³/mol. The van der Waals surface area contributed by atoms with Gasteiger partial charge in [0.2, 0.25) is 11.8 Å². The van der Waals surface area contributed by atoms with Gasteiger partial charge in [0.1, 0.15) is 17.4 Å². The number of anilines is 1. The van der Waals surface area contributed by atoms with Crippen molar-refractivity contribution in [3.63, 3.8) is 0 Å². The molecule has 0 saturated carbocycles. The fourth-order valence-corrected chi connectivity index (χ4v) is 3.14. The van der Waals surface area contributed by atoms with E-state index in [4.69, 9.17) is 9.15 Å². The number of nitrogens with zero attached hydrogens (tertiary/aromatic N) is 2. The lowest BCUT2D eigenvalue weighted by molar-refractivity contribution is -0.137. The van der Waals surface area contributed by atoms with Gasteiger partial charge in [-0.05, 0) is 24.3 Å². The van der Waals surface area contributed by atoms with Crippen molar-refractivity contribution in [2.24, 2.45) is 5.92 Å². The number of rotatable bonds is 7. The van der Waals surface area contributed by atoms with Crippen LogP contribution >= 0.6 is 0 Å². The summed E-state index contributed by atoms with van der Waals surface area (Å²) in [7, 11) is 1.54. The fourth-order valence-electron chi connectivity index (χ4n) is 3.14. The van der Waals surface area contributed by atoms with E-state index in [1.165, 1.54) is 18.3 Å². The second-order valence-electron chi connectivity index (χ2n) is 6.36. The van der Waals surface area contributed by atoms with Crippen LogP contribution in [0.5, 0.6) is 0 Å². The zero-order valence-corrected chi connectivity index (χ0v) is 14.9. The van der Waals surface area contributed by atoms with Gasteiger partial charge in [-0.15, -0.1) is 0 Å². The number of benzene rings is 1. The van der Waals surface area contributed by atoms with E-state index in [2.05, 4.69) is 0 Å². The highest BCUT2D eigenvalue weighted by Gasteiger charge is 2.37. The minimum atomic E-state index is -0.771. The summed E-state index contributed by atoms with van der Waals surface area (Å²) in [4.78, 5) is 28.1. The van der Waals surface area contributed by atoms with Crippen molar-refractivity contribution in [3.05, 3.63) is 54.0 Å². The molecule has 0 radical (unpaired) electrons. The number of methoxy groups -OCH3 is 1. The Morgan fingerprint density at radius 3 is 2.70 bits per heavy atom. The minimum Gasteiger partial charge on any atom is -0.467 e. The topological polar surface area (TPSA) is 63.0 Å². The average molecular weight is 378 g/mol. The molecule has 2 heterocycles. The van der Waals surface area contributed by atoms with Gasteiger partial charge in [0.15, 0.2) is 0 Å². The van der Waals surface area contributed by atoms with E-state index in [1.54, 1.807) is 17.0 Å². The molecule has 2 amide bonds. The molecule has 2 aromatic rings. The molecule has 144 valence electrons. The molecule has 1 saturated heterocycles. The van der Waals surface area contributed by atoms with E-state index < -0.39 is 17.6 Å². The van der Waals surface area contributed by atoms with E-state index in [0.29, 0.717) is 18.9 Å². The second kappa shape index (κ2) is 8.30. The van der Waals surface area contributed by atoms with Crippen molar-refractivity contribution in [1.29, 1.82) is 0 Å². The molecule has 0 aliphatic carbocycles. The molecule has 1 aliphatic heterocycles. The summed E-state index contributed by atoms with van der Waals surface area (Å²) in [5.41, 5.74) is 0.113. The van der Waals surface area contributed by atoms with Crippen molar-refractivity contribution >= 4 is 17.5 Å². The maximum atomic E-state index is 13.5. The lowest BCUT2D eigenvalue weighted by Crippen LogP contribution is -2.39. The van der Waals surface area contributed by atoms with Gasteiger partial charge in [-0.2, -0.15) is 0 Å². The zero-order valence-electron chi connectivity index (χ0n) is 14.9. The van der Waals surface area contributed by atoms with E-state index >= 15 is 0 Å². The number of ether oxygens (including phenoxy) is 1. The van der Waals surface area contributed by atoms with Gasteiger partial charge in [-0.1, -0.05) is 0 Å². The Morgan fingerprint density at radius 2 is 2.07 bits per heavy atom. The summed E-state index contributed by atoms with van der Waals surface area (Å²) < 4.78 is 37.3. The van der Waals surface area contributed by atoms with E-state index in [-0.39, 0.29) is 37.0 Å². The molecule has 1 fully saturated rings. The number of hydrogen-bond donors (Lipinski definition) is 0. The minimum absolute atomic E-state index is 0.0153. The van der Waals surface area contributed by atoms with Crippen molar-refractivity contribution in [1.82, 2.24) is 4.90 Å². The molecule has 1 aromatic carbocycles. The van der Waals surface area contributed by atoms with Crippen LogP contribution < -0.4 is 4.90 Å². The summed E-state index contributed by atoms with van der Waals surface area (Å²) in [5.74, 6) is -2.10. The predicted octanol–water partition coefficient (Wildman–Crippen LogP) is 2.59. The molecule has 1 aliphatic rings. The number of carbonyl (C=O) groups excluding carboxylic acids is 2. The summed E-state index contributed by atoms with van der Waals surface area (Å²) >= 11 is 0. The number of furan rings is 1. The highest BCUT2D eigenvalue weighted by molar-refractivity contribution is 6.00. The first-order chi connectivity index (χ1) is 13.0. The molecule has 1 atom stereocenters. The Balaban J connectivity index is 1.74. The molecule has 1 unspecified atom stereocenters. The first-order valence-electron chi connectivity index (χ1n) is 8.54. The van der Waals surface area contributed by atoms with Gasteiger partial charge in [0.05, 0.1) is 25.3 Å². The van der Waals surface area contributed by atoms with Crippen LogP contribution in [-0.2, 0) is 20.9 Å². The van der Waals surface area contributed by atoms with Gasteiger partial charge < -0.3 is 19.0 Å². The first kappa shape index (κ1) is 19.0. The number of halogens is 2. The Hall–Kier alpha value is -2.74. The highest BCUT2D eigenvalue weighted by atomic mass is 19.1. The van der Waals surface area contributed by atoms with Gasteiger partial charge in [-0.3, -0.25) is 9.59 Å². The third kappa shape index (κ3) is 4.51. The number of hydrogen-bond acceptors (Lipinski definition) is 4. The fraction of sp³-hybridized carbons (Fsp3) is 0.368. The molecule has 0 N–H and O–H groups in total. The Morgan fingerprint density at radius 1 is 1.33 bits per heavy atom. The van der Waals surface area contributed by atoms with Gasteiger partial charge in [0, 0.05) is 38.4 Å². The van der Waals surface area contributed by atoms with Crippen LogP contribution in [-0.4, -0.2) is 43.5 Å². The van der Waals surface area contributed by atoms with Gasteiger partial charge >= 0.3 is 0 Å². The van der Waals surface area contributed by atoms with Crippen molar-refractivity contribution in [2.45, 2.75) is 13.0 Å². The van der Waals surface area contributed by atoms with E-state index in [1.807, 2.05) is 0 Å².